The Bertz CT molecular complexity index is 1180. The third kappa shape index (κ3) is 4.18. The van der Waals surface area contributed by atoms with Crippen LogP contribution in [-0.2, 0) is 13.2 Å². The molecule has 0 unspecified atom stereocenters. The molecule has 0 bridgehead atoms. The number of nitrogens with zero attached hydrogens (tertiary/aromatic N) is 2. The fraction of sp³-hybridized carbons (Fsp3) is 0.346. The van der Waals surface area contributed by atoms with Crippen molar-refractivity contribution in [2.45, 2.75) is 51.8 Å². The first-order chi connectivity index (χ1) is 15.3. The number of hydrogen-bond acceptors (Lipinski definition) is 2. The maximum Gasteiger partial charge on any atom is 0.421 e. The van der Waals surface area contributed by atoms with Crippen molar-refractivity contribution in [1.82, 2.24) is 9.55 Å². The number of fused-ring (bicyclic) bond motifs is 1. The normalized spacial score (nSPS) is 15.2. The Morgan fingerprint density at radius 2 is 1.94 bits per heavy atom. The molecular formula is C26H27F3N2O. The molecule has 32 heavy (non-hydrogen) atoms. The number of benzene rings is 1. The Morgan fingerprint density at radius 3 is 2.56 bits per heavy atom. The van der Waals surface area contributed by atoms with Gasteiger partial charge in [0.05, 0.1) is 0 Å². The van der Waals surface area contributed by atoms with Crippen molar-refractivity contribution in [3.05, 3.63) is 59.4 Å². The Kier molecular flexibility index (Phi) is 6.13. The summed E-state index contributed by atoms with van der Waals surface area (Å²) in [6.07, 6.45) is 8.45. The lowest BCUT2D eigenvalue weighted by atomic mass is 9.96. The summed E-state index contributed by atoms with van der Waals surface area (Å²) in [6, 6.07) is 6.90. The van der Waals surface area contributed by atoms with Gasteiger partial charge in [0, 0.05) is 41.0 Å². The second-order valence-electron chi connectivity index (χ2n) is 8.15. The molecule has 0 atom stereocenters. The number of aryl methyl sites for hydroxylation is 1. The highest BCUT2D eigenvalue weighted by Gasteiger charge is 2.37. The van der Waals surface area contributed by atoms with Gasteiger partial charge in [0.25, 0.3) is 0 Å². The highest BCUT2D eigenvalue weighted by molar-refractivity contribution is 5.96. The summed E-state index contributed by atoms with van der Waals surface area (Å²) in [7, 11) is 1.97. The molecule has 0 amide bonds. The molecule has 3 nitrogen and oxygen atoms in total. The molecule has 4 rings (SSSR count). The highest BCUT2D eigenvalue weighted by Crippen LogP contribution is 2.40. The zero-order valence-corrected chi connectivity index (χ0v) is 18.5. The van der Waals surface area contributed by atoms with Crippen molar-refractivity contribution in [2.24, 2.45) is 7.05 Å². The minimum Gasteiger partial charge on any atom is -0.474 e. The zero-order valence-electron chi connectivity index (χ0n) is 18.5. The van der Waals surface area contributed by atoms with Gasteiger partial charge in [0.15, 0.2) is 0 Å². The predicted molar refractivity (Wildman–Crippen MR) is 123 cm³/mol. The second-order valence-corrected chi connectivity index (χ2v) is 8.15. The minimum absolute atomic E-state index is 0.172. The molecule has 0 saturated heterocycles. The van der Waals surface area contributed by atoms with E-state index in [-0.39, 0.29) is 12.0 Å². The Hall–Kier alpha value is -3.02. The molecule has 1 aromatic carbocycles. The van der Waals surface area contributed by atoms with Crippen LogP contribution in [-0.4, -0.2) is 15.7 Å². The summed E-state index contributed by atoms with van der Waals surface area (Å²) in [6.45, 7) is 4.05. The number of rotatable bonds is 6. The van der Waals surface area contributed by atoms with Crippen LogP contribution in [0.1, 0.15) is 56.4 Å². The van der Waals surface area contributed by atoms with Crippen molar-refractivity contribution in [3.63, 3.8) is 0 Å². The van der Waals surface area contributed by atoms with Crippen LogP contribution in [0.5, 0.6) is 5.88 Å². The van der Waals surface area contributed by atoms with Crippen molar-refractivity contribution >= 4 is 23.1 Å². The lowest BCUT2D eigenvalue weighted by Gasteiger charge is -2.27. The standard InChI is InChI=1S/C26H27F3N2O/c1-4-6-11-20-21-13-12-17(15-24(21)31(3)23(20)8-5-2)18-14-22(26(27,28)29)25(30-16-18)32-19-9-7-10-19/h5-6,8,11-16,19H,4,7,9-10H2,1-3H3/b8-5-,11-6+. The van der Waals surface area contributed by atoms with Gasteiger partial charge < -0.3 is 9.30 Å². The van der Waals surface area contributed by atoms with E-state index in [0.29, 0.717) is 11.1 Å². The van der Waals surface area contributed by atoms with Crippen LogP contribution in [0.15, 0.2) is 42.6 Å². The van der Waals surface area contributed by atoms with E-state index in [1.54, 1.807) is 0 Å². The van der Waals surface area contributed by atoms with Crippen molar-refractivity contribution < 1.29 is 17.9 Å². The minimum atomic E-state index is -4.53. The summed E-state index contributed by atoms with van der Waals surface area (Å²) in [5.74, 6) is -0.326. The van der Waals surface area contributed by atoms with Gasteiger partial charge in [-0.25, -0.2) is 4.98 Å². The quantitative estimate of drug-likeness (QED) is 0.394. The molecule has 0 aliphatic heterocycles. The topological polar surface area (TPSA) is 27.1 Å². The van der Waals surface area contributed by atoms with E-state index in [1.807, 2.05) is 44.3 Å². The summed E-state index contributed by atoms with van der Waals surface area (Å²) >= 11 is 0. The third-order valence-corrected chi connectivity index (χ3v) is 5.95. The summed E-state index contributed by atoms with van der Waals surface area (Å²) in [4.78, 5) is 4.07. The van der Waals surface area contributed by atoms with Crippen molar-refractivity contribution in [1.29, 1.82) is 0 Å². The molecule has 6 heteroatoms. The van der Waals surface area contributed by atoms with Gasteiger partial charge in [-0.1, -0.05) is 37.3 Å². The van der Waals surface area contributed by atoms with Crippen LogP contribution in [0, 0.1) is 0 Å². The largest absolute Gasteiger partial charge is 0.474 e. The van der Waals surface area contributed by atoms with E-state index in [9.17, 15) is 13.2 Å². The SMILES string of the molecule is C/C=C\c1c(/C=C/CC)c2ccc(-c3cnc(OC4CCC4)c(C(F)(F)F)c3)cc2n1C. The van der Waals surface area contributed by atoms with Gasteiger partial charge in [0.1, 0.15) is 11.7 Å². The Balaban J connectivity index is 1.81. The van der Waals surface area contributed by atoms with Gasteiger partial charge in [-0.15, -0.1) is 0 Å². The molecule has 1 fully saturated rings. The zero-order chi connectivity index (χ0) is 22.9. The van der Waals surface area contributed by atoms with E-state index in [0.717, 1.165) is 53.9 Å². The Morgan fingerprint density at radius 1 is 1.16 bits per heavy atom. The molecule has 0 spiro atoms. The van der Waals surface area contributed by atoms with Crippen LogP contribution in [0.2, 0.25) is 0 Å². The van der Waals surface area contributed by atoms with Crippen LogP contribution in [0.3, 0.4) is 0 Å². The number of hydrogen-bond donors (Lipinski definition) is 0. The highest BCUT2D eigenvalue weighted by atomic mass is 19.4. The summed E-state index contributed by atoms with van der Waals surface area (Å²) < 4.78 is 48.9. The maximum absolute atomic E-state index is 13.8. The predicted octanol–water partition coefficient (Wildman–Crippen LogP) is 7.65. The molecule has 0 radical (unpaired) electrons. The number of halogens is 3. The molecule has 0 N–H and O–H groups in total. The van der Waals surface area contributed by atoms with Crippen molar-refractivity contribution in [3.8, 4) is 17.0 Å². The van der Waals surface area contributed by atoms with E-state index < -0.39 is 11.7 Å². The number of pyridine rings is 1. The van der Waals surface area contributed by atoms with Gasteiger partial charge >= 0.3 is 6.18 Å². The van der Waals surface area contributed by atoms with Gasteiger partial charge in [-0.05, 0) is 56.4 Å². The van der Waals surface area contributed by atoms with Crippen LogP contribution >= 0.6 is 0 Å². The monoisotopic (exact) mass is 440 g/mol. The fourth-order valence-corrected chi connectivity index (χ4v) is 3.99. The molecule has 2 heterocycles. The van der Waals surface area contributed by atoms with E-state index in [2.05, 4.69) is 28.6 Å². The van der Waals surface area contributed by atoms with Crippen molar-refractivity contribution in [2.75, 3.05) is 0 Å². The second kappa shape index (κ2) is 8.85. The first-order valence-corrected chi connectivity index (χ1v) is 11.0. The van der Waals surface area contributed by atoms with E-state index in [4.69, 9.17) is 4.74 Å². The number of alkyl halides is 3. The fourth-order valence-electron chi connectivity index (χ4n) is 3.99. The maximum atomic E-state index is 13.8. The van der Waals surface area contributed by atoms with E-state index in [1.165, 1.54) is 6.20 Å². The summed E-state index contributed by atoms with van der Waals surface area (Å²) in [5, 5.41) is 1.06. The van der Waals surface area contributed by atoms with E-state index >= 15 is 0 Å². The van der Waals surface area contributed by atoms with Gasteiger partial charge in [-0.3, -0.25) is 0 Å². The molecule has 1 aliphatic rings. The van der Waals surface area contributed by atoms with Crippen LogP contribution in [0.4, 0.5) is 13.2 Å². The molecule has 1 saturated carbocycles. The lowest BCUT2D eigenvalue weighted by molar-refractivity contribution is -0.139. The third-order valence-electron chi connectivity index (χ3n) is 5.95. The average molecular weight is 441 g/mol. The molecule has 168 valence electrons. The first kappa shape index (κ1) is 22.2. The summed E-state index contributed by atoms with van der Waals surface area (Å²) in [5.41, 5.74) is 3.39. The first-order valence-electron chi connectivity index (χ1n) is 11.0. The lowest BCUT2D eigenvalue weighted by Crippen LogP contribution is -2.26. The average Bonchev–Trinajstić information content (AvgIpc) is 2.99. The molecule has 3 aromatic rings. The molecule has 2 aromatic heterocycles. The van der Waals surface area contributed by atoms with Crippen LogP contribution < -0.4 is 4.74 Å². The van der Waals surface area contributed by atoms with Gasteiger partial charge in [-0.2, -0.15) is 13.2 Å². The number of aromatic nitrogens is 2. The number of allylic oxidation sites excluding steroid dienone is 2. The Labute approximate surface area is 186 Å². The molecule has 1 aliphatic carbocycles. The van der Waals surface area contributed by atoms with Crippen LogP contribution in [0.25, 0.3) is 34.2 Å². The van der Waals surface area contributed by atoms with Gasteiger partial charge in [0.2, 0.25) is 5.88 Å². The molecular weight excluding hydrogens is 413 g/mol. The smallest absolute Gasteiger partial charge is 0.421 e. The number of ether oxygens (including phenoxy) is 1.